The van der Waals surface area contributed by atoms with Crippen molar-refractivity contribution in [3.63, 3.8) is 0 Å². The first kappa shape index (κ1) is 15.3. The largest absolute Gasteiger partial charge is 0.472 e. The Kier molecular flexibility index (Phi) is 4.73. The summed E-state index contributed by atoms with van der Waals surface area (Å²) in [7, 11) is 0. The van der Waals surface area contributed by atoms with Gasteiger partial charge in [0.05, 0.1) is 12.5 Å². The van der Waals surface area contributed by atoms with E-state index in [9.17, 15) is 9.59 Å². The second-order valence-corrected chi connectivity index (χ2v) is 5.39. The number of anilines is 1. The van der Waals surface area contributed by atoms with Crippen molar-refractivity contribution in [2.75, 3.05) is 11.9 Å². The summed E-state index contributed by atoms with van der Waals surface area (Å²) in [4.78, 5) is 24.2. The average molecular weight is 314 g/mol. The highest BCUT2D eigenvalue weighted by Gasteiger charge is 2.23. The Balaban J connectivity index is 1.59. The first-order chi connectivity index (χ1) is 11.2. The smallest absolute Gasteiger partial charge is 0.253 e. The topological polar surface area (TPSA) is 80.6 Å². The third-order valence-electron chi connectivity index (χ3n) is 3.65. The zero-order chi connectivity index (χ0) is 16.1. The molecule has 1 aliphatic heterocycles. The molecular weight excluding hydrogens is 296 g/mol. The molecule has 0 radical (unpaired) electrons. The lowest BCUT2D eigenvalue weighted by Crippen LogP contribution is -2.27. The van der Waals surface area contributed by atoms with Crippen molar-refractivity contribution < 1.29 is 18.7 Å². The highest BCUT2D eigenvalue weighted by atomic mass is 16.5. The van der Waals surface area contributed by atoms with E-state index in [0.29, 0.717) is 24.4 Å². The molecule has 23 heavy (non-hydrogen) atoms. The highest BCUT2D eigenvalue weighted by Crippen LogP contribution is 2.16. The van der Waals surface area contributed by atoms with Gasteiger partial charge in [-0.2, -0.15) is 0 Å². The van der Waals surface area contributed by atoms with Crippen LogP contribution in [0.1, 0.15) is 28.8 Å². The molecule has 1 aromatic carbocycles. The molecule has 1 fully saturated rings. The maximum Gasteiger partial charge on any atom is 0.253 e. The van der Waals surface area contributed by atoms with Gasteiger partial charge in [-0.15, -0.1) is 0 Å². The van der Waals surface area contributed by atoms with Gasteiger partial charge in [0, 0.05) is 30.0 Å². The Morgan fingerprint density at radius 2 is 2.17 bits per heavy atom. The molecule has 1 atom stereocenters. The van der Waals surface area contributed by atoms with Gasteiger partial charge in [0.2, 0.25) is 0 Å². The van der Waals surface area contributed by atoms with E-state index in [1.54, 1.807) is 42.9 Å². The second kappa shape index (κ2) is 7.11. The van der Waals surface area contributed by atoms with E-state index < -0.39 is 6.10 Å². The summed E-state index contributed by atoms with van der Waals surface area (Å²) in [5, 5.41) is 5.59. The summed E-state index contributed by atoms with van der Waals surface area (Å²) in [5.74, 6) is -0.377. The number of furan rings is 1. The van der Waals surface area contributed by atoms with Crippen molar-refractivity contribution in [2.45, 2.75) is 25.5 Å². The number of hydrogen-bond donors (Lipinski definition) is 2. The lowest BCUT2D eigenvalue weighted by Gasteiger charge is -2.11. The van der Waals surface area contributed by atoms with Crippen LogP contribution in [0, 0.1) is 0 Å². The molecule has 0 unspecified atom stereocenters. The highest BCUT2D eigenvalue weighted by molar-refractivity contribution is 5.98. The Hall–Kier alpha value is -2.60. The molecule has 1 aliphatic rings. The summed E-state index contributed by atoms with van der Waals surface area (Å²) in [6.07, 6.45) is 4.38. The van der Waals surface area contributed by atoms with Gasteiger partial charge in [-0.25, -0.2) is 0 Å². The number of carbonyl (C=O) groups is 2. The van der Waals surface area contributed by atoms with E-state index >= 15 is 0 Å². The Morgan fingerprint density at radius 1 is 1.26 bits per heavy atom. The number of carbonyl (C=O) groups excluding carboxylic acids is 2. The molecule has 6 nitrogen and oxygen atoms in total. The van der Waals surface area contributed by atoms with Crippen LogP contribution >= 0.6 is 0 Å². The minimum atomic E-state index is -0.395. The van der Waals surface area contributed by atoms with Crippen LogP contribution in [0.2, 0.25) is 0 Å². The van der Waals surface area contributed by atoms with Crippen molar-refractivity contribution in [1.82, 2.24) is 5.32 Å². The number of amides is 2. The van der Waals surface area contributed by atoms with Crippen molar-refractivity contribution in [2.24, 2.45) is 0 Å². The van der Waals surface area contributed by atoms with Crippen molar-refractivity contribution in [3.05, 3.63) is 54.0 Å². The summed E-state index contributed by atoms with van der Waals surface area (Å²) in [5.41, 5.74) is 1.96. The predicted octanol–water partition coefficient (Wildman–Crippen LogP) is 2.33. The molecule has 2 N–H and O–H groups in total. The van der Waals surface area contributed by atoms with Crippen LogP contribution in [-0.4, -0.2) is 24.5 Å². The monoisotopic (exact) mass is 314 g/mol. The number of hydrogen-bond acceptors (Lipinski definition) is 4. The SMILES string of the molecule is O=C(NCc1ccoc1)c1cccc(NC(=O)[C@@H]2CCCO2)c1. The maximum absolute atomic E-state index is 12.2. The summed E-state index contributed by atoms with van der Waals surface area (Å²) >= 11 is 0. The molecule has 6 heteroatoms. The Labute approximate surface area is 133 Å². The third kappa shape index (κ3) is 3.98. The fourth-order valence-corrected chi connectivity index (χ4v) is 2.42. The van der Waals surface area contributed by atoms with E-state index in [2.05, 4.69) is 10.6 Å². The van der Waals surface area contributed by atoms with Crippen molar-refractivity contribution in [1.29, 1.82) is 0 Å². The fourth-order valence-electron chi connectivity index (χ4n) is 2.42. The van der Waals surface area contributed by atoms with Gasteiger partial charge in [0.1, 0.15) is 6.10 Å². The second-order valence-electron chi connectivity index (χ2n) is 5.39. The molecule has 2 aromatic rings. The molecule has 1 aromatic heterocycles. The minimum absolute atomic E-state index is 0.168. The van der Waals surface area contributed by atoms with Crippen LogP contribution in [0.25, 0.3) is 0 Å². The van der Waals surface area contributed by atoms with Gasteiger partial charge >= 0.3 is 0 Å². The van der Waals surface area contributed by atoms with Crippen LogP contribution in [0.4, 0.5) is 5.69 Å². The summed E-state index contributed by atoms with van der Waals surface area (Å²) in [6.45, 7) is 1.01. The third-order valence-corrected chi connectivity index (χ3v) is 3.65. The first-order valence-corrected chi connectivity index (χ1v) is 7.54. The lowest BCUT2D eigenvalue weighted by atomic mass is 10.1. The normalized spacial score (nSPS) is 17.0. The molecule has 2 heterocycles. The minimum Gasteiger partial charge on any atom is -0.472 e. The van der Waals surface area contributed by atoms with E-state index in [0.717, 1.165) is 18.4 Å². The molecule has 0 bridgehead atoms. The fraction of sp³-hybridized carbons (Fsp3) is 0.294. The Bertz CT molecular complexity index is 676. The number of nitrogens with one attached hydrogen (secondary N) is 2. The Morgan fingerprint density at radius 3 is 2.91 bits per heavy atom. The van der Waals surface area contributed by atoms with Crippen molar-refractivity contribution >= 4 is 17.5 Å². The molecule has 2 amide bonds. The standard InChI is InChI=1S/C17H18N2O4/c20-16(18-10-12-6-8-22-11-12)13-3-1-4-14(9-13)19-17(21)15-5-2-7-23-15/h1,3-4,6,8-9,11,15H,2,5,7,10H2,(H,18,20)(H,19,21)/t15-/m0/s1. The van der Waals surface area contributed by atoms with Gasteiger partial charge in [0.25, 0.3) is 11.8 Å². The van der Waals surface area contributed by atoms with Crippen LogP contribution < -0.4 is 10.6 Å². The lowest BCUT2D eigenvalue weighted by molar-refractivity contribution is -0.124. The molecule has 0 aliphatic carbocycles. The van der Waals surface area contributed by atoms with Gasteiger partial charge in [-0.1, -0.05) is 6.07 Å². The molecule has 120 valence electrons. The average Bonchev–Trinajstić information content (AvgIpc) is 3.26. The number of ether oxygens (including phenoxy) is 1. The molecule has 0 saturated carbocycles. The maximum atomic E-state index is 12.2. The summed E-state index contributed by atoms with van der Waals surface area (Å²) < 4.78 is 10.3. The molecule has 1 saturated heterocycles. The van der Waals surface area contributed by atoms with Crippen LogP contribution in [0.15, 0.2) is 47.3 Å². The summed E-state index contributed by atoms with van der Waals surface area (Å²) in [6, 6.07) is 8.63. The molecule has 3 rings (SSSR count). The number of rotatable bonds is 5. The van der Waals surface area contributed by atoms with Crippen LogP contribution in [-0.2, 0) is 16.1 Å². The van der Waals surface area contributed by atoms with Gasteiger partial charge in [-0.3, -0.25) is 9.59 Å². The molecular formula is C17H18N2O4. The van der Waals surface area contributed by atoms with Crippen LogP contribution in [0.5, 0.6) is 0 Å². The van der Waals surface area contributed by atoms with E-state index in [1.807, 2.05) is 0 Å². The van der Waals surface area contributed by atoms with E-state index in [-0.39, 0.29) is 11.8 Å². The van der Waals surface area contributed by atoms with E-state index in [4.69, 9.17) is 9.15 Å². The van der Waals surface area contributed by atoms with Crippen molar-refractivity contribution in [3.8, 4) is 0 Å². The van der Waals surface area contributed by atoms with Crippen LogP contribution in [0.3, 0.4) is 0 Å². The zero-order valence-corrected chi connectivity index (χ0v) is 12.6. The zero-order valence-electron chi connectivity index (χ0n) is 12.6. The van der Waals surface area contributed by atoms with Gasteiger partial charge in [-0.05, 0) is 37.1 Å². The molecule has 0 spiro atoms. The number of benzene rings is 1. The van der Waals surface area contributed by atoms with Gasteiger partial charge < -0.3 is 19.8 Å². The quantitative estimate of drug-likeness (QED) is 0.887. The van der Waals surface area contributed by atoms with E-state index in [1.165, 1.54) is 0 Å². The predicted molar refractivity (Wildman–Crippen MR) is 83.9 cm³/mol. The first-order valence-electron chi connectivity index (χ1n) is 7.54. The van der Waals surface area contributed by atoms with Gasteiger partial charge in [0.15, 0.2) is 0 Å².